The zero-order valence-corrected chi connectivity index (χ0v) is 25.5. The number of hydrogen-bond acceptors (Lipinski definition) is 9. The van der Waals surface area contributed by atoms with Crippen LogP contribution in [-0.4, -0.2) is 98.8 Å². The molecule has 1 aromatic carbocycles. The number of rotatable bonds is 8. The van der Waals surface area contributed by atoms with Crippen molar-refractivity contribution >= 4 is 28.4 Å². The van der Waals surface area contributed by atoms with Gasteiger partial charge in [-0.25, -0.2) is 23.7 Å². The van der Waals surface area contributed by atoms with Crippen molar-refractivity contribution in [2.75, 3.05) is 69.8 Å². The molecular formula is C32H40FN9O2. The molecule has 0 saturated carbocycles. The predicted molar refractivity (Wildman–Crippen MR) is 169 cm³/mol. The zero-order chi connectivity index (χ0) is 30.6. The first kappa shape index (κ1) is 28.9. The maximum absolute atomic E-state index is 13.6. The van der Waals surface area contributed by atoms with Crippen LogP contribution in [0, 0.1) is 11.8 Å². The van der Waals surface area contributed by atoms with Gasteiger partial charge >= 0.3 is 0 Å². The lowest BCUT2D eigenvalue weighted by Gasteiger charge is -2.46. The molecule has 0 radical (unpaired) electrons. The quantitative estimate of drug-likeness (QED) is 0.315. The number of benzene rings is 1. The van der Waals surface area contributed by atoms with E-state index in [-0.39, 0.29) is 18.3 Å². The molecule has 2 unspecified atom stereocenters. The fourth-order valence-electron chi connectivity index (χ4n) is 7.10. The van der Waals surface area contributed by atoms with Crippen LogP contribution >= 0.6 is 0 Å². The average Bonchev–Trinajstić information content (AvgIpc) is 3.26. The zero-order valence-electron chi connectivity index (χ0n) is 25.5. The molecule has 6 heterocycles. The van der Waals surface area contributed by atoms with Gasteiger partial charge in [0.1, 0.15) is 17.7 Å². The molecular weight excluding hydrogens is 561 g/mol. The number of hydrogen-bond donors (Lipinski definition) is 2. The van der Waals surface area contributed by atoms with Crippen LogP contribution in [-0.2, 0) is 5.60 Å². The molecule has 3 aliphatic heterocycles. The van der Waals surface area contributed by atoms with Crippen LogP contribution in [0.25, 0.3) is 16.9 Å². The topological polar surface area (TPSA) is 108 Å². The minimum atomic E-state index is -1.14. The second-order valence-electron chi connectivity index (χ2n) is 13.2. The fraction of sp³-hybridized carbons (Fsp3) is 0.500. The van der Waals surface area contributed by atoms with Gasteiger partial charge in [-0.2, -0.15) is 4.98 Å². The Hall–Kier alpha value is -3.87. The van der Waals surface area contributed by atoms with E-state index in [1.165, 1.54) is 12.1 Å². The van der Waals surface area contributed by atoms with Gasteiger partial charge in [0.15, 0.2) is 11.5 Å². The van der Waals surface area contributed by atoms with Crippen LogP contribution < -0.4 is 15.8 Å². The van der Waals surface area contributed by atoms with Gasteiger partial charge in [0.05, 0.1) is 11.7 Å². The van der Waals surface area contributed by atoms with Crippen molar-refractivity contribution in [2.45, 2.75) is 31.9 Å². The maximum atomic E-state index is 13.6. The SMILES string of the molecule is CN1CC(n2c(=O)c3cnc(Nc4ccc(N5CC6CC(CN(CCF)C6)C5)cc4)nc3n2-c2cccc(C(C)(C)O)n2)C1. The number of fused-ring (bicyclic) bond motifs is 3. The summed E-state index contributed by atoms with van der Waals surface area (Å²) in [4.78, 5) is 34.6. The van der Waals surface area contributed by atoms with E-state index in [9.17, 15) is 14.3 Å². The van der Waals surface area contributed by atoms with Crippen molar-refractivity contribution in [1.82, 2.24) is 34.1 Å². The Balaban J connectivity index is 1.16. The number of nitrogens with zero attached hydrogens (tertiary/aromatic N) is 8. The second-order valence-corrected chi connectivity index (χ2v) is 13.2. The summed E-state index contributed by atoms with van der Waals surface area (Å²) in [6.07, 6.45) is 2.80. The van der Waals surface area contributed by atoms with Crippen LogP contribution in [0.4, 0.5) is 21.7 Å². The van der Waals surface area contributed by atoms with E-state index in [1.54, 1.807) is 35.5 Å². The average molecular weight is 602 g/mol. The molecule has 2 atom stereocenters. The van der Waals surface area contributed by atoms with Gasteiger partial charge in [-0.05, 0) is 75.5 Å². The van der Waals surface area contributed by atoms with Gasteiger partial charge < -0.3 is 25.1 Å². The van der Waals surface area contributed by atoms with E-state index in [0.717, 1.165) is 45.0 Å². The van der Waals surface area contributed by atoms with Gasteiger partial charge in [-0.3, -0.25) is 4.79 Å². The Kier molecular flexibility index (Phi) is 7.38. The minimum Gasteiger partial charge on any atom is -0.384 e. The Morgan fingerprint density at radius 3 is 2.39 bits per heavy atom. The van der Waals surface area contributed by atoms with Crippen LogP contribution in [0.15, 0.2) is 53.5 Å². The summed E-state index contributed by atoms with van der Waals surface area (Å²) < 4.78 is 16.4. The van der Waals surface area contributed by atoms with Crippen molar-refractivity contribution in [3.63, 3.8) is 0 Å². The van der Waals surface area contributed by atoms with Crippen molar-refractivity contribution in [3.8, 4) is 5.82 Å². The lowest BCUT2D eigenvalue weighted by atomic mass is 9.84. The number of aliphatic hydroxyl groups is 1. The second kappa shape index (κ2) is 11.2. The number of likely N-dealkylation sites (N-methyl/N-ethyl adjacent to an activating group) is 1. The van der Waals surface area contributed by atoms with E-state index < -0.39 is 5.60 Å². The monoisotopic (exact) mass is 601 g/mol. The molecule has 12 heteroatoms. The van der Waals surface area contributed by atoms with Crippen LogP contribution in [0.3, 0.4) is 0 Å². The van der Waals surface area contributed by atoms with Crippen molar-refractivity contribution in [3.05, 3.63) is 64.7 Å². The summed E-state index contributed by atoms with van der Waals surface area (Å²) in [5.41, 5.74) is 1.68. The van der Waals surface area contributed by atoms with E-state index in [4.69, 9.17) is 9.97 Å². The Morgan fingerprint density at radius 1 is 1.00 bits per heavy atom. The van der Waals surface area contributed by atoms with Gasteiger partial charge in [0, 0.05) is 63.4 Å². The number of aromatic nitrogens is 5. The standard InChI is InChI=1S/C32H40FN9O2/c1-32(2,44)27-5-4-6-28(36-27)42-29-26(30(43)41(42)25-19-38(3)20-25)14-34-31(37-29)35-23-7-9-24(10-8-23)40-17-21-13-22(18-40)16-39(15-21)12-11-33/h4-10,14,21-22,25,44H,11-13,15-20H2,1-3H3,(H,34,35,37). The highest BCUT2D eigenvalue weighted by Gasteiger charge is 2.34. The summed E-state index contributed by atoms with van der Waals surface area (Å²) in [6.45, 7) is 9.04. The predicted octanol–water partition coefficient (Wildman–Crippen LogP) is 3.16. The summed E-state index contributed by atoms with van der Waals surface area (Å²) in [6, 6.07) is 13.7. The number of anilines is 3. The van der Waals surface area contributed by atoms with Crippen molar-refractivity contribution in [1.29, 1.82) is 0 Å². The van der Waals surface area contributed by atoms with Crippen LogP contribution in [0.5, 0.6) is 0 Å². The Morgan fingerprint density at radius 2 is 1.73 bits per heavy atom. The number of alkyl halides is 1. The fourth-order valence-corrected chi connectivity index (χ4v) is 7.10. The molecule has 0 aliphatic carbocycles. The highest BCUT2D eigenvalue weighted by molar-refractivity contribution is 5.77. The van der Waals surface area contributed by atoms with Crippen molar-refractivity contribution < 1.29 is 9.50 Å². The molecule has 232 valence electrons. The third-order valence-corrected chi connectivity index (χ3v) is 9.14. The highest BCUT2D eigenvalue weighted by Crippen LogP contribution is 2.32. The summed E-state index contributed by atoms with van der Waals surface area (Å²) in [5.74, 6) is 2.02. The molecule has 3 aromatic heterocycles. The van der Waals surface area contributed by atoms with E-state index in [1.807, 2.05) is 31.3 Å². The van der Waals surface area contributed by atoms with Gasteiger partial charge in [0.2, 0.25) is 5.95 Å². The van der Waals surface area contributed by atoms with E-state index in [2.05, 4.69) is 37.1 Å². The first-order valence-electron chi connectivity index (χ1n) is 15.5. The number of nitrogens with one attached hydrogen (secondary N) is 1. The Bertz CT molecular complexity index is 1690. The first-order chi connectivity index (χ1) is 21.2. The molecule has 3 aliphatic rings. The molecule has 3 fully saturated rings. The smallest absolute Gasteiger partial charge is 0.278 e. The molecule has 3 saturated heterocycles. The Labute approximate surface area is 255 Å². The third kappa shape index (κ3) is 5.46. The third-order valence-electron chi connectivity index (χ3n) is 9.14. The highest BCUT2D eigenvalue weighted by atomic mass is 19.1. The van der Waals surface area contributed by atoms with Gasteiger partial charge in [0.25, 0.3) is 5.56 Å². The lowest BCUT2D eigenvalue weighted by Crippen LogP contribution is -2.53. The molecule has 44 heavy (non-hydrogen) atoms. The molecule has 7 rings (SSSR count). The van der Waals surface area contributed by atoms with E-state index >= 15 is 0 Å². The molecule has 4 aromatic rings. The number of halogens is 1. The van der Waals surface area contributed by atoms with Crippen molar-refractivity contribution in [2.24, 2.45) is 11.8 Å². The van der Waals surface area contributed by atoms with Gasteiger partial charge in [-0.1, -0.05) is 6.07 Å². The lowest BCUT2D eigenvalue weighted by molar-refractivity contribution is 0.0736. The molecule has 2 N–H and O–H groups in total. The maximum Gasteiger partial charge on any atom is 0.278 e. The molecule has 0 amide bonds. The molecule has 2 bridgehead atoms. The number of likely N-dealkylation sites (tertiary alicyclic amines) is 2. The van der Waals surface area contributed by atoms with Gasteiger partial charge in [-0.15, -0.1) is 0 Å². The normalized spacial score (nSPS) is 21.5. The summed E-state index contributed by atoms with van der Waals surface area (Å²) in [7, 11) is 2.02. The van der Waals surface area contributed by atoms with E-state index in [0.29, 0.717) is 46.9 Å². The number of piperidine rings is 2. The molecule has 0 spiro atoms. The minimum absolute atomic E-state index is 0.0284. The largest absolute Gasteiger partial charge is 0.384 e. The number of pyridine rings is 1. The molecule has 11 nitrogen and oxygen atoms in total. The van der Waals surface area contributed by atoms with Crippen LogP contribution in [0.2, 0.25) is 0 Å². The first-order valence-corrected chi connectivity index (χ1v) is 15.5. The summed E-state index contributed by atoms with van der Waals surface area (Å²) in [5, 5.41) is 14.4. The van der Waals surface area contributed by atoms with Crippen LogP contribution in [0.1, 0.15) is 32.0 Å². The summed E-state index contributed by atoms with van der Waals surface area (Å²) >= 11 is 0.